The molecule has 1 N–H and O–H groups in total. The van der Waals surface area contributed by atoms with Gasteiger partial charge in [-0.2, -0.15) is 0 Å². The average molecular weight is 268 g/mol. The SMILES string of the molecule is Cc1nc(NC(=O)CCC2CCOCC2)sc1C. The molecular weight excluding hydrogens is 248 g/mol. The third-order valence-corrected chi connectivity index (χ3v) is 4.38. The van der Waals surface area contributed by atoms with Gasteiger partial charge >= 0.3 is 0 Å². The number of aryl methyl sites for hydroxylation is 2. The van der Waals surface area contributed by atoms with Gasteiger partial charge in [0.25, 0.3) is 0 Å². The van der Waals surface area contributed by atoms with Crippen LogP contribution in [0.5, 0.6) is 0 Å². The van der Waals surface area contributed by atoms with Crippen molar-refractivity contribution in [3.63, 3.8) is 0 Å². The third-order valence-electron chi connectivity index (χ3n) is 3.40. The summed E-state index contributed by atoms with van der Waals surface area (Å²) in [5.74, 6) is 0.722. The minimum atomic E-state index is 0.0789. The van der Waals surface area contributed by atoms with E-state index in [2.05, 4.69) is 10.3 Å². The molecule has 0 unspecified atom stereocenters. The highest BCUT2D eigenvalue weighted by Crippen LogP contribution is 2.23. The van der Waals surface area contributed by atoms with E-state index in [1.165, 1.54) is 0 Å². The Morgan fingerprint density at radius 3 is 2.78 bits per heavy atom. The van der Waals surface area contributed by atoms with E-state index in [4.69, 9.17) is 4.74 Å². The summed E-state index contributed by atoms with van der Waals surface area (Å²) < 4.78 is 5.31. The van der Waals surface area contributed by atoms with Gasteiger partial charge in [-0.3, -0.25) is 4.79 Å². The van der Waals surface area contributed by atoms with Crippen molar-refractivity contribution in [2.45, 2.75) is 39.5 Å². The van der Waals surface area contributed by atoms with Crippen LogP contribution in [0.4, 0.5) is 5.13 Å². The lowest BCUT2D eigenvalue weighted by atomic mass is 9.95. The van der Waals surface area contributed by atoms with E-state index in [0.717, 1.165) is 48.2 Å². The van der Waals surface area contributed by atoms with Crippen LogP contribution >= 0.6 is 11.3 Å². The molecule has 5 heteroatoms. The monoisotopic (exact) mass is 268 g/mol. The highest BCUT2D eigenvalue weighted by atomic mass is 32.1. The van der Waals surface area contributed by atoms with Crippen molar-refractivity contribution in [1.82, 2.24) is 4.98 Å². The third kappa shape index (κ3) is 3.78. The van der Waals surface area contributed by atoms with E-state index in [-0.39, 0.29) is 5.91 Å². The van der Waals surface area contributed by atoms with Gasteiger partial charge in [-0.25, -0.2) is 4.98 Å². The number of hydrogen-bond acceptors (Lipinski definition) is 4. The summed E-state index contributed by atoms with van der Waals surface area (Å²) in [6.07, 6.45) is 3.71. The van der Waals surface area contributed by atoms with Crippen LogP contribution in [0, 0.1) is 19.8 Å². The van der Waals surface area contributed by atoms with Crippen LogP contribution in [0.1, 0.15) is 36.3 Å². The predicted molar refractivity (Wildman–Crippen MR) is 73.0 cm³/mol. The quantitative estimate of drug-likeness (QED) is 0.913. The number of nitrogens with one attached hydrogen (secondary N) is 1. The fourth-order valence-electron chi connectivity index (χ4n) is 2.08. The molecule has 2 rings (SSSR count). The van der Waals surface area contributed by atoms with Gasteiger partial charge in [0.15, 0.2) is 5.13 Å². The van der Waals surface area contributed by atoms with E-state index in [1.807, 2.05) is 13.8 Å². The van der Waals surface area contributed by atoms with Crippen molar-refractivity contribution in [3.8, 4) is 0 Å². The molecule has 0 spiro atoms. The molecule has 0 radical (unpaired) electrons. The number of thiazole rings is 1. The van der Waals surface area contributed by atoms with Crippen LogP contribution < -0.4 is 5.32 Å². The summed E-state index contributed by atoms with van der Waals surface area (Å²) >= 11 is 1.54. The molecule has 0 atom stereocenters. The van der Waals surface area contributed by atoms with Crippen LogP contribution in [-0.2, 0) is 9.53 Å². The smallest absolute Gasteiger partial charge is 0.226 e. The molecule has 1 aromatic heterocycles. The van der Waals surface area contributed by atoms with Crippen molar-refractivity contribution < 1.29 is 9.53 Å². The van der Waals surface area contributed by atoms with Crippen LogP contribution in [0.2, 0.25) is 0 Å². The van der Waals surface area contributed by atoms with Crippen LogP contribution in [0.15, 0.2) is 0 Å². The molecule has 18 heavy (non-hydrogen) atoms. The number of anilines is 1. The standard InChI is InChI=1S/C13H20N2O2S/c1-9-10(2)18-13(14-9)15-12(16)4-3-11-5-7-17-8-6-11/h11H,3-8H2,1-2H3,(H,14,15,16). The minimum Gasteiger partial charge on any atom is -0.381 e. The first-order valence-electron chi connectivity index (χ1n) is 6.47. The van der Waals surface area contributed by atoms with Crippen LogP contribution in [0.25, 0.3) is 0 Å². The number of rotatable bonds is 4. The second-order valence-corrected chi connectivity index (χ2v) is 6.01. The van der Waals surface area contributed by atoms with Crippen LogP contribution in [0.3, 0.4) is 0 Å². The number of nitrogens with zero attached hydrogens (tertiary/aromatic N) is 1. The summed E-state index contributed by atoms with van der Waals surface area (Å²) in [6, 6.07) is 0. The summed E-state index contributed by atoms with van der Waals surface area (Å²) in [5.41, 5.74) is 1.000. The van der Waals surface area contributed by atoms with Gasteiger partial charge in [-0.15, -0.1) is 11.3 Å². The highest BCUT2D eigenvalue weighted by molar-refractivity contribution is 7.15. The number of amides is 1. The molecule has 0 aliphatic carbocycles. The largest absolute Gasteiger partial charge is 0.381 e. The minimum absolute atomic E-state index is 0.0789. The van der Waals surface area contributed by atoms with E-state index in [1.54, 1.807) is 11.3 Å². The average Bonchev–Trinajstić information content (AvgIpc) is 2.67. The molecule has 0 saturated carbocycles. The molecule has 100 valence electrons. The molecule has 0 aromatic carbocycles. The Morgan fingerprint density at radius 1 is 1.44 bits per heavy atom. The van der Waals surface area contributed by atoms with Gasteiger partial charge in [0.1, 0.15) is 0 Å². The molecule has 0 bridgehead atoms. The Hall–Kier alpha value is -0.940. The van der Waals surface area contributed by atoms with Gasteiger partial charge in [-0.1, -0.05) is 0 Å². The van der Waals surface area contributed by atoms with Gasteiger partial charge in [0, 0.05) is 24.5 Å². The molecule has 1 aromatic rings. The van der Waals surface area contributed by atoms with Crippen molar-refractivity contribution in [2.75, 3.05) is 18.5 Å². The second kappa shape index (κ2) is 6.29. The summed E-state index contributed by atoms with van der Waals surface area (Å²) in [5, 5.41) is 3.60. The number of carbonyl (C=O) groups excluding carboxylic acids is 1. The van der Waals surface area contributed by atoms with Crippen molar-refractivity contribution in [1.29, 1.82) is 0 Å². The van der Waals surface area contributed by atoms with Crippen molar-refractivity contribution in [3.05, 3.63) is 10.6 Å². The maximum atomic E-state index is 11.8. The lowest BCUT2D eigenvalue weighted by molar-refractivity contribution is -0.116. The Balaban J connectivity index is 1.74. The fourth-order valence-corrected chi connectivity index (χ4v) is 2.91. The zero-order chi connectivity index (χ0) is 13.0. The first kappa shape index (κ1) is 13.5. The number of ether oxygens (including phenoxy) is 1. The maximum Gasteiger partial charge on any atom is 0.226 e. The summed E-state index contributed by atoms with van der Waals surface area (Å²) in [4.78, 5) is 17.3. The number of aromatic nitrogens is 1. The van der Waals surface area contributed by atoms with Crippen molar-refractivity contribution >= 4 is 22.4 Å². The Kier molecular flexibility index (Phi) is 4.72. The molecule has 1 aliphatic heterocycles. The van der Waals surface area contributed by atoms with E-state index in [0.29, 0.717) is 12.3 Å². The maximum absolute atomic E-state index is 11.8. The molecule has 1 aliphatic rings. The zero-order valence-electron chi connectivity index (χ0n) is 11.0. The summed E-state index contributed by atoms with van der Waals surface area (Å²) in [7, 11) is 0. The van der Waals surface area contributed by atoms with Gasteiger partial charge < -0.3 is 10.1 Å². The highest BCUT2D eigenvalue weighted by Gasteiger charge is 2.15. The summed E-state index contributed by atoms with van der Waals surface area (Å²) in [6.45, 7) is 5.67. The van der Waals surface area contributed by atoms with Gasteiger partial charge in [0.05, 0.1) is 5.69 Å². The van der Waals surface area contributed by atoms with E-state index >= 15 is 0 Å². The lowest BCUT2D eigenvalue weighted by Crippen LogP contribution is -2.18. The Labute approximate surface area is 112 Å². The molecule has 1 fully saturated rings. The molecule has 1 saturated heterocycles. The zero-order valence-corrected chi connectivity index (χ0v) is 11.8. The Bertz CT molecular complexity index is 392. The molecule has 4 nitrogen and oxygen atoms in total. The first-order valence-corrected chi connectivity index (χ1v) is 7.28. The Morgan fingerprint density at radius 2 is 2.17 bits per heavy atom. The first-order chi connectivity index (χ1) is 8.65. The van der Waals surface area contributed by atoms with Gasteiger partial charge in [-0.05, 0) is 39.0 Å². The fraction of sp³-hybridized carbons (Fsp3) is 0.692. The van der Waals surface area contributed by atoms with Gasteiger partial charge in [0.2, 0.25) is 5.91 Å². The number of carbonyl (C=O) groups is 1. The number of hydrogen-bond donors (Lipinski definition) is 1. The lowest BCUT2D eigenvalue weighted by Gasteiger charge is -2.21. The molecule has 2 heterocycles. The molecular formula is C13H20N2O2S. The topological polar surface area (TPSA) is 51.2 Å². The van der Waals surface area contributed by atoms with Crippen molar-refractivity contribution in [2.24, 2.45) is 5.92 Å². The van der Waals surface area contributed by atoms with E-state index < -0.39 is 0 Å². The predicted octanol–water partition coefficient (Wildman–Crippen LogP) is 2.91. The van der Waals surface area contributed by atoms with E-state index in [9.17, 15) is 4.79 Å². The molecule has 1 amide bonds. The second-order valence-electron chi connectivity index (χ2n) is 4.80. The normalized spacial score (nSPS) is 16.8. The van der Waals surface area contributed by atoms with Crippen LogP contribution in [-0.4, -0.2) is 24.1 Å².